The molecule has 2 aromatic carbocycles. The molecule has 0 radical (unpaired) electrons. The first-order valence-electron chi connectivity index (χ1n) is 8.67. The molecule has 0 saturated carbocycles. The molecule has 1 heterocycles. The lowest BCUT2D eigenvalue weighted by molar-refractivity contribution is -0.137. The first-order chi connectivity index (χ1) is 13.0. The zero-order chi connectivity index (χ0) is 19.4. The molecule has 0 bridgehead atoms. The van der Waals surface area contributed by atoms with Crippen molar-refractivity contribution in [2.45, 2.75) is 26.4 Å². The molecule has 140 valence electrons. The Hall–Kier alpha value is -2.79. The number of nitrogens with one attached hydrogen (secondary N) is 1. The minimum Gasteiger partial charge on any atom is -0.463 e. The van der Waals surface area contributed by atoms with Gasteiger partial charge in [0.15, 0.2) is 6.10 Å². The molecule has 0 aliphatic carbocycles. The zero-order valence-corrected chi connectivity index (χ0v) is 15.9. The average molecular weight is 386 g/mol. The highest BCUT2D eigenvalue weighted by Crippen LogP contribution is 2.42. The number of anilines is 1. The lowest BCUT2D eigenvalue weighted by atomic mass is 9.92. The summed E-state index contributed by atoms with van der Waals surface area (Å²) in [6.07, 6.45) is 0.454. The number of halogens is 1. The van der Waals surface area contributed by atoms with Crippen LogP contribution in [0.25, 0.3) is 0 Å². The monoisotopic (exact) mass is 385 g/mol. The lowest BCUT2D eigenvalue weighted by Crippen LogP contribution is -2.27. The molecule has 1 atom stereocenters. The molecule has 1 aliphatic heterocycles. The van der Waals surface area contributed by atoms with Crippen LogP contribution in [0, 0.1) is 6.92 Å². The Morgan fingerprint density at radius 2 is 2.00 bits per heavy atom. The summed E-state index contributed by atoms with van der Waals surface area (Å²) in [4.78, 5) is 24.3. The van der Waals surface area contributed by atoms with Gasteiger partial charge in [-0.1, -0.05) is 48.0 Å². The number of carbonyl (C=O) groups excluding carboxylic acids is 2. The number of cyclic esters (lactones) is 1. The fourth-order valence-electron chi connectivity index (χ4n) is 3.07. The number of fused-ring (bicyclic) bond motifs is 1. The van der Waals surface area contributed by atoms with Gasteiger partial charge in [-0.05, 0) is 43.0 Å². The minimum atomic E-state index is -0.772. The Labute approximate surface area is 162 Å². The van der Waals surface area contributed by atoms with Crippen LogP contribution in [0.2, 0.25) is 5.02 Å². The summed E-state index contributed by atoms with van der Waals surface area (Å²) in [6, 6.07) is 13.2. The van der Waals surface area contributed by atoms with Crippen molar-refractivity contribution < 1.29 is 19.1 Å². The highest BCUT2D eigenvalue weighted by Gasteiger charge is 2.33. The molecule has 0 aromatic heterocycles. The van der Waals surface area contributed by atoms with Crippen molar-refractivity contribution >= 4 is 29.4 Å². The van der Waals surface area contributed by atoms with Gasteiger partial charge in [0.1, 0.15) is 0 Å². The topological polar surface area (TPSA) is 64.6 Å². The normalized spacial score (nSPS) is 16.2. The molecule has 5 nitrogen and oxygen atoms in total. The molecule has 1 N–H and O–H groups in total. The number of carbonyl (C=O) groups is 2. The summed E-state index contributed by atoms with van der Waals surface area (Å²) in [5, 5.41) is 3.17. The van der Waals surface area contributed by atoms with Gasteiger partial charge in [0.05, 0.1) is 12.3 Å². The van der Waals surface area contributed by atoms with E-state index in [9.17, 15) is 9.59 Å². The van der Waals surface area contributed by atoms with Gasteiger partial charge in [0, 0.05) is 16.7 Å². The Morgan fingerprint density at radius 1 is 1.26 bits per heavy atom. The van der Waals surface area contributed by atoms with Gasteiger partial charge in [-0.3, -0.25) is 5.32 Å². The van der Waals surface area contributed by atoms with Crippen molar-refractivity contribution in [3.05, 3.63) is 75.8 Å². The zero-order valence-electron chi connectivity index (χ0n) is 15.1. The Bertz CT molecular complexity index is 893. The third-order valence-corrected chi connectivity index (χ3v) is 4.62. The molecular formula is C21H20ClNO4. The minimum absolute atomic E-state index is 0.260. The summed E-state index contributed by atoms with van der Waals surface area (Å²) >= 11 is 6.43. The molecule has 2 aromatic rings. The largest absolute Gasteiger partial charge is 0.463 e. The van der Waals surface area contributed by atoms with Crippen LogP contribution in [-0.2, 0) is 20.7 Å². The number of benzene rings is 2. The van der Waals surface area contributed by atoms with Crippen LogP contribution in [0.15, 0.2) is 54.1 Å². The van der Waals surface area contributed by atoms with E-state index in [0.29, 0.717) is 28.3 Å². The molecule has 1 unspecified atom stereocenters. The van der Waals surface area contributed by atoms with Crippen molar-refractivity contribution in [3.63, 3.8) is 0 Å². The Morgan fingerprint density at radius 3 is 2.70 bits per heavy atom. The van der Waals surface area contributed by atoms with E-state index in [4.69, 9.17) is 21.1 Å². The van der Waals surface area contributed by atoms with Crippen LogP contribution in [0.3, 0.4) is 0 Å². The van der Waals surface area contributed by atoms with E-state index in [2.05, 4.69) is 5.32 Å². The number of hydrogen-bond acceptors (Lipinski definition) is 4. The standard InChI is InChI=1S/C21H20ClNO4/c1-3-26-17(24)12-15(11-14-7-5-4-6-8-14)20-18-16(22)10-9-13(2)19(18)23-21(25)27-20/h4-10,12,20H,3,11H2,1-2H3,(H,23,25)/b15-12+. The SMILES string of the molecule is CCOC(=O)/C=C(\Cc1ccccc1)C1OC(=O)Nc2c(C)ccc(Cl)c21. The predicted molar refractivity (Wildman–Crippen MR) is 104 cm³/mol. The van der Waals surface area contributed by atoms with Crippen molar-refractivity contribution in [1.82, 2.24) is 0 Å². The molecule has 0 spiro atoms. The molecule has 1 aliphatic rings. The van der Waals surface area contributed by atoms with Crippen molar-refractivity contribution in [2.24, 2.45) is 0 Å². The average Bonchev–Trinajstić information content (AvgIpc) is 2.65. The summed E-state index contributed by atoms with van der Waals surface area (Å²) in [5.74, 6) is -0.483. The first-order valence-corrected chi connectivity index (χ1v) is 9.05. The summed E-state index contributed by atoms with van der Waals surface area (Å²) in [5.41, 5.74) is 3.71. The first kappa shape index (κ1) is 19.0. The second-order valence-electron chi connectivity index (χ2n) is 6.20. The van der Waals surface area contributed by atoms with Gasteiger partial charge in [0.25, 0.3) is 0 Å². The van der Waals surface area contributed by atoms with E-state index >= 15 is 0 Å². The van der Waals surface area contributed by atoms with E-state index in [1.54, 1.807) is 13.0 Å². The second kappa shape index (κ2) is 8.27. The molecule has 0 fully saturated rings. The number of esters is 1. The molecule has 3 rings (SSSR count). The number of amides is 1. The Balaban J connectivity index is 2.08. The van der Waals surface area contributed by atoms with Gasteiger partial charge in [-0.25, -0.2) is 9.59 Å². The number of hydrogen-bond donors (Lipinski definition) is 1. The van der Waals surface area contributed by atoms with Crippen molar-refractivity contribution in [1.29, 1.82) is 0 Å². The maximum Gasteiger partial charge on any atom is 0.412 e. The van der Waals surface area contributed by atoms with Gasteiger partial charge >= 0.3 is 12.1 Å². The van der Waals surface area contributed by atoms with Crippen LogP contribution in [0.1, 0.15) is 29.7 Å². The van der Waals surface area contributed by atoms with Crippen LogP contribution in [-0.4, -0.2) is 18.7 Å². The van der Waals surface area contributed by atoms with Gasteiger partial charge in [-0.15, -0.1) is 0 Å². The molecular weight excluding hydrogens is 366 g/mol. The molecule has 27 heavy (non-hydrogen) atoms. The fraction of sp³-hybridized carbons (Fsp3) is 0.238. The van der Waals surface area contributed by atoms with Crippen LogP contribution in [0.4, 0.5) is 10.5 Å². The summed E-state index contributed by atoms with van der Waals surface area (Å²) in [7, 11) is 0. The maximum absolute atomic E-state index is 12.1. The second-order valence-corrected chi connectivity index (χ2v) is 6.60. The Kier molecular flexibility index (Phi) is 5.81. The summed E-state index contributed by atoms with van der Waals surface area (Å²) in [6.45, 7) is 3.88. The van der Waals surface area contributed by atoms with Crippen molar-refractivity contribution in [3.8, 4) is 0 Å². The van der Waals surface area contributed by atoms with Crippen LogP contribution < -0.4 is 5.32 Å². The van der Waals surface area contributed by atoms with Crippen LogP contribution >= 0.6 is 11.6 Å². The van der Waals surface area contributed by atoms with E-state index in [-0.39, 0.29) is 6.61 Å². The van der Waals surface area contributed by atoms with Gasteiger partial charge < -0.3 is 9.47 Å². The van der Waals surface area contributed by atoms with Gasteiger partial charge in [-0.2, -0.15) is 0 Å². The fourth-order valence-corrected chi connectivity index (χ4v) is 3.33. The van der Waals surface area contributed by atoms with Crippen molar-refractivity contribution in [2.75, 3.05) is 11.9 Å². The van der Waals surface area contributed by atoms with Crippen LogP contribution in [0.5, 0.6) is 0 Å². The molecule has 1 amide bonds. The number of aryl methyl sites for hydroxylation is 1. The number of rotatable bonds is 5. The maximum atomic E-state index is 12.1. The third kappa shape index (κ3) is 4.31. The molecule has 6 heteroatoms. The smallest absolute Gasteiger partial charge is 0.412 e. The lowest BCUT2D eigenvalue weighted by Gasteiger charge is -2.30. The number of ether oxygens (including phenoxy) is 2. The highest BCUT2D eigenvalue weighted by atomic mass is 35.5. The highest BCUT2D eigenvalue weighted by molar-refractivity contribution is 6.32. The van der Waals surface area contributed by atoms with E-state index < -0.39 is 18.2 Å². The third-order valence-electron chi connectivity index (χ3n) is 4.29. The molecule has 0 saturated heterocycles. The summed E-state index contributed by atoms with van der Waals surface area (Å²) < 4.78 is 10.6. The van der Waals surface area contributed by atoms with E-state index in [0.717, 1.165) is 11.1 Å². The van der Waals surface area contributed by atoms with E-state index in [1.807, 2.05) is 43.3 Å². The quantitative estimate of drug-likeness (QED) is 0.582. The van der Waals surface area contributed by atoms with E-state index in [1.165, 1.54) is 6.08 Å². The van der Waals surface area contributed by atoms with Gasteiger partial charge in [0.2, 0.25) is 0 Å². The predicted octanol–water partition coefficient (Wildman–Crippen LogP) is 4.98.